The summed E-state index contributed by atoms with van der Waals surface area (Å²) in [6.07, 6.45) is 0.967. The summed E-state index contributed by atoms with van der Waals surface area (Å²) in [5.74, 6) is -3.67. The number of aliphatic hydroxyl groups excluding tert-OH is 1. The molecule has 0 aromatic rings. The number of nitrogens with one attached hydrogen (secondary N) is 3. The van der Waals surface area contributed by atoms with Crippen LogP contribution in [0.25, 0.3) is 0 Å². The van der Waals surface area contributed by atoms with Crippen LogP contribution in [-0.4, -0.2) is 83.2 Å². The first kappa shape index (κ1) is 33.0. The summed E-state index contributed by atoms with van der Waals surface area (Å²) in [7, 11) is 0. The number of aliphatic imine (C=N–C) groups is 1. The second kappa shape index (κ2) is 17.5. The average molecular weight is 517 g/mol. The molecule has 0 aliphatic heterocycles. The standard InChI is InChI=1S/C22H44N8O6/c1-4-12(2)16(24)19(33)28-14(8-5-6-10-23)18(32)30-17(13(3)31)20(34)29-15(21(35)36)9-7-11-27-22(25)26/h12-17,31H,4-11,23-24H2,1-3H3,(H,28,33)(H,29,34)(H,30,32)(H,35,36)(H4,25,26,27). The highest BCUT2D eigenvalue weighted by molar-refractivity contribution is 5.94. The molecule has 36 heavy (non-hydrogen) atoms. The van der Waals surface area contributed by atoms with Crippen molar-refractivity contribution in [3.8, 4) is 0 Å². The molecule has 6 unspecified atom stereocenters. The Balaban J connectivity index is 5.42. The Kier molecular flexibility index (Phi) is 16.0. The molecule has 0 saturated heterocycles. The number of hydrogen-bond acceptors (Lipinski definition) is 8. The van der Waals surface area contributed by atoms with Crippen LogP contribution in [-0.2, 0) is 19.2 Å². The number of guanidine groups is 1. The van der Waals surface area contributed by atoms with E-state index in [1.54, 1.807) is 0 Å². The normalized spacial score (nSPS) is 15.9. The molecule has 0 spiro atoms. The van der Waals surface area contributed by atoms with E-state index < -0.39 is 54.0 Å². The number of carboxylic acids is 1. The van der Waals surface area contributed by atoms with E-state index in [1.165, 1.54) is 6.92 Å². The van der Waals surface area contributed by atoms with Gasteiger partial charge in [-0.15, -0.1) is 0 Å². The number of aliphatic hydroxyl groups is 1. The number of nitrogens with two attached hydrogens (primary N) is 4. The predicted molar refractivity (Wildman–Crippen MR) is 135 cm³/mol. The Bertz CT molecular complexity index is 744. The van der Waals surface area contributed by atoms with Crippen LogP contribution in [0.15, 0.2) is 4.99 Å². The lowest BCUT2D eigenvalue weighted by Gasteiger charge is -2.27. The van der Waals surface area contributed by atoms with Crippen molar-refractivity contribution in [3.05, 3.63) is 0 Å². The molecule has 208 valence electrons. The van der Waals surface area contributed by atoms with Gasteiger partial charge in [0.15, 0.2) is 5.96 Å². The number of hydrogen-bond donors (Lipinski definition) is 9. The molecule has 14 heteroatoms. The van der Waals surface area contributed by atoms with Gasteiger partial charge < -0.3 is 49.1 Å². The molecule has 0 rings (SSSR count). The fourth-order valence-electron chi connectivity index (χ4n) is 3.22. The largest absolute Gasteiger partial charge is 0.480 e. The summed E-state index contributed by atoms with van der Waals surface area (Å²) >= 11 is 0. The monoisotopic (exact) mass is 516 g/mol. The maximum absolute atomic E-state index is 13.0. The van der Waals surface area contributed by atoms with E-state index in [0.29, 0.717) is 25.8 Å². The quantitative estimate of drug-likeness (QED) is 0.0523. The number of carbonyl (C=O) groups is 4. The van der Waals surface area contributed by atoms with Gasteiger partial charge in [0.05, 0.1) is 12.1 Å². The van der Waals surface area contributed by atoms with E-state index in [-0.39, 0.29) is 37.7 Å². The number of aliphatic carboxylic acids is 1. The summed E-state index contributed by atoms with van der Waals surface area (Å²) < 4.78 is 0. The highest BCUT2D eigenvalue weighted by Gasteiger charge is 2.33. The highest BCUT2D eigenvalue weighted by atomic mass is 16.4. The Morgan fingerprint density at radius 2 is 1.47 bits per heavy atom. The maximum Gasteiger partial charge on any atom is 0.326 e. The van der Waals surface area contributed by atoms with Crippen molar-refractivity contribution in [2.45, 2.75) is 89.6 Å². The van der Waals surface area contributed by atoms with Gasteiger partial charge in [-0.2, -0.15) is 0 Å². The molecule has 3 amide bonds. The van der Waals surface area contributed by atoms with Crippen LogP contribution >= 0.6 is 0 Å². The minimum Gasteiger partial charge on any atom is -0.480 e. The Morgan fingerprint density at radius 3 is 1.97 bits per heavy atom. The Hall–Kier alpha value is -2.97. The molecular weight excluding hydrogens is 472 g/mol. The van der Waals surface area contributed by atoms with Crippen molar-refractivity contribution >= 4 is 29.7 Å². The first-order valence-corrected chi connectivity index (χ1v) is 12.2. The van der Waals surface area contributed by atoms with Crippen molar-refractivity contribution in [2.75, 3.05) is 13.1 Å². The van der Waals surface area contributed by atoms with E-state index in [9.17, 15) is 29.4 Å². The number of carbonyl (C=O) groups excluding carboxylic acids is 3. The van der Waals surface area contributed by atoms with E-state index in [4.69, 9.17) is 22.9 Å². The molecular formula is C22H44N8O6. The zero-order chi connectivity index (χ0) is 27.8. The summed E-state index contributed by atoms with van der Waals surface area (Å²) in [6.45, 7) is 5.55. The van der Waals surface area contributed by atoms with E-state index in [2.05, 4.69) is 20.9 Å². The summed E-state index contributed by atoms with van der Waals surface area (Å²) in [5.41, 5.74) is 22.0. The van der Waals surface area contributed by atoms with Crippen molar-refractivity contribution in [1.29, 1.82) is 0 Å². The van der Waals surface area contributed by atoms with Gasteiger partial charge in [-0.3, -0.25) is 19.4 Å². The van der Waals surface area contributed by atoms with Gasteiger partial charge in [0.25, 0.3) is 0 Å². The predicted octanol–water partition coefficient (Wildman–Crippen LogP) is -2.54. The minimum atomic E-state index is -1.46. The number of unbranched alkanes of at least 4 members (excludes halogenated alkanes) is 1. The number of carboxylic acid groups (broad SMARTS) is 1. The number of amides is 3. The van der Waals surface area contributed by atoms with E-state index in [0.717, 1.165) is 0 Å². The van der Waals surface area contributed by atoms with Gasteiger partial charge in [-0.25, -0.2) is 4.79 Å². The molecule has 0 saturated carbocycles. The van der Waals surface area contributed by atoms with Crippen molar-refractivity contribution in [2.24, 2.45) is 33.8 Å². The molecule has 13 N–H and O–H groups in total. The van der Waals surface area contributed by atoms with Crippen LogP contribution in [0.3, 0.4) is 0 Å². The first-order valence-electron chi connectivity index (χ1n) is 12.2. The number of nitrogens with zero attached hydrogens (tertiary/aromatic N) is 1. The third-order valence-corrected chi connectivity index (χ3v) is 5.76. The third-order valence-electron chi connectivity index (χ3n) is 5.76. The molecule has 0 aromatic heterocycles. The average Bonchev–Trinajstić information content (AvgIpc) is 2.81. The van der Waals surface area contributed by atoms with Crippen molar-refractivity contribution < 1.29 is 29.4 Å². The molecule has 0 bridgehead atoms. The second-order valence-electron chi connectivity index (χ2n) is 8.83. The SMILES string of the molecule is CCC(C)C(N)C(=O)NC(CCCCN)C(=O)NC(C(=O)NC(CCCN=C(N)N)C(=O)O)C(C)O. The van der Waals surface area contributed by atoms with Crippen LogP contribution in [0.5, 0.6) is 0 Å². The van der Waals surface area contributed by atoms with Crippen LogP contribution in [0, 0.1) is 5.92 Å². The van der Waals surface area contributed by atoms with E-state index >= 15 is 0 Å². The molecule has 0 radical (unpaired) electrons. The lowest BCUT2D eigenvalue weighted by Crippen LogP contribution is -2.60. The topological polar surface area (TPSA) is 261 Å². The Morgan fingerprint density at radius 1 is 0.889 bits per heavy atom. The molecule has 0 aliphatic carbocycles. The zero-order valence-corrected chi connectivity index (χ0v) is 21.4. The fraction of sp³-hybridized carbons (Fsp3) is 0.773. The van der Waals surface area contributed by atoms with Gasteiger partial charge in [0.1, 0.15) is 18.1 Å². The third kappa shape index (κ3) is 12.7. The van der Waals surface area contributed by atoms with Gasteiger partial charge in [0.2, 0.25) is 17.7 Å². The molecule has 0 fully saturated rings. The Labute approximate surface area is 212 Å². The molecule has 0 aliphatic rings. The minimum absolute atomic E-state index is 0.0175. The second-order valence-corrected chi connectivity index (χ2v) is 8.83. The molecule has 6 atom stereocenters. The molecule has 0 heterocycles. The lowest BCUT2D eigenvalue weighted by atomic mass is 9.98. The van der Waals surface area contributed by atoms with Gasteiger partial charge in [-0.05, 0) is 51.5 Å². The highest BCUT2D eigenvalue weighted by Crippen LogP contribution is 2.08. The van der Waals surface area contributed by atoms with Gasteiger partial charge >= 0.3 is 5.97 Å². The molecule has 0 aromatic carbocycles. The lowest BCUT2D eigenvalue weighted by molar-refractivity contribution is -0.143. The fourth-order valence-corrected chi connectivity index (χ4v) is 3.22. The van der Waals surface area contributed by atoms with Crippen molar-refractivity contribution in [3.63, 3.8) is 0 Å². The van der Waals surface area contributed by atoms with Crippen LogP contribution in [0.1, 0.15) is 59.3 Å². The summed E-state index contributed by atoms with van der Waals surface area (Å²) in [6, 6.07) is -4.61. The smallest absolute Gasteiger partial charge is 0.326 e. The number of rotatable bonds is 18. The van der Waals surface area contributed by atoms with Crippen LogP contribution < -0.4 is 38.9 Å². The van der Waals surface area contributed by atoms with Crippen LogP contribution in [0.4, 0.5) is 0 Å². The summed E-state index contributed by atoms with van der Waals surface area (Å²) in [4.78, 5) is 53.7. The maximum atomic E-state index is 13.0. The van der Waals surface area contributed by atoms with Crippen molar-refractivity contribution in [1.82, 2.24) is 16.0 Å². The summed E-state index contributed by atoms with van der Waals surface area (Å²) in [5, 5.41) is 26.9. The van der Waals surface area contributed by atoms with Gasteiger partial charge in [0, 0.05) is 6.54 Å². The van der Waals surface area contributed by atoms with Crippen LogP contribution in [0.2, 0.25) is 0 Å². The first-order chi connectivity index (χ1) is 16.8. The van der Waals surface area contributed by atoms with E-state index in [1.807, 2.05) is 13.8 Å². The molecule has 14 nitrogen and oxygen atoms in total. The zero-order valence-electron chi connectivity index (χ0n) is 21.4. The van der Waals surface area contributed by atoms with Gasteiger partial charge in [-0.1, -0.05) is 20.3 Å².